The summed E-state index contributed by atoms with van der Waals surface area (Å²) in [6.45, 7) is 2.96. The summed E-state index contributed by atoms with van der Waals surface area (Å²) in [7, 11) is 0. The molecule has 0 saturated carbocycles. The molecule has 0 bridgehead atoms. The van der Waals surface area contributed by atoms with Gasteiger partial charge in [-0.2, -0.15) is 0 Å². The van der Waals surface area contributed by atoms with E-state index in [1.54, 1.807) is 0 Å². The number of hydrogen-bond donors (Lipinski definition) is 1. The largest absolute Gasteiger partial charge is 0.478 e. The maximum Gasteiger partial charge on any atom is 0.327 e. The van der Waals surface area contributed by atoms with Gasteiger partial charge in [-0.15, -0.1) is 29.4 Å². The summed E-state index contributed by atoms with van der Waals surface area (Å²) in [6.07, 6.45) is 0.833. The molecule has 0 aliphatic rings. The van der Waals surface area contributed by atoms with Crippen LogP contribution in [0.3, 0.4) is 0 Å². The Morgan fingerprint density at radius 2 is 1.86 bits per heavy atom. The Hall–Kier alpha value is -0.0200. The van der Waals surface area contributed by atoms with Crippen LogP contribution in [-0.4, -0.2) is 11.1 Å². The third kappa shape index (κ3) is 24.2. The normalized spacial score (nSPS) is 4.57. The van der Waals surface area contributed by atoms with E-state index in [-0.39, 0.29) is 29.4 Å². The van der Waals surface area contributed by atoms with Crippen LogP contribution in [0.2, 0.25) is 0 Å². The molecular formula is C3H6BrClO2. The van der Waals surface area contributed by atoms with E-state index in [1.165, 1.54) is 0 Å². The summed E-state index contributed by atoms with van der Waals surface area (Å²) in [5.74, 6) is -0.981. The zero-order valence-corrected chi connectivity index (χ0v) is 5.99. The van der Waals surface area contributed by atoms with Crippen molar-refractivity contribution >= 4 is 35.4 Å². The lowest BCUT2D eigenvalue weighted by Gasteiger charge is -1.64. The van der Waals surface area contributed by atoms with E-state index in [9.17, 15) is 4.79 Å². The van der Waals surface area contributed by atoms with Crippen molar-refractivity contribution in [2.75, 3.05) is 0 Å². The highest BCUT2D eigenvalue weighted by Crippen LogP contribution is 1.54. The molecule has 0 fully saturated rings. The summed E-state index contributed by atoms with van der Waals surface area (Å²) in [4.78, 5) is 9.25. The summed E-state index contributed by atoms with van der Waals surface area (Å²) < 4.78 is 0. The summed E-state index contributed by atoms with van der Waals surface area (Å²) in [5.41, 5.74) is 0. The second kappa shape index (κ2) is 9.36. The van der Waals surface area contributed by atoms with Crippen LogP contribution >= 0.6 is 29.4 Å². The molecule has 0 radical (unpaired) electrons. The molecule has 4 heteroatoms. The molecule has 0 amide bonds. The van der Waals surface area contributed by atoms with Crippen molar-refractivity contribution in [3.05, 3.63) is 12.7 Å². The Balaban J connectivity index is -0.0000000800. The first-order valence-electron chi connectivity index (χ1n) is 1.12. The topological polar surface area (TPSA) is 37.3 Å². The minimum absolute atomic E-state index is 0. The number of carboxylic acids is 1. The molecule has 2 nitrogen and oxygen atoms in total. The van der Waals surface area contributed by atoms with E-state index in [4.69, 9.17) is 5.11 Å². The molecule has 0 aromatic heterocycles. The molecule has 0 saturated heterocycles. The van der Waals surface area contributed by atoms with Crippen LogP contribution < -0.4 is 0 Å². The second-order valence-corrected chi connectivity index (χ2v) is 0.542. The lowest BCUT2D eigenvalue weighted by molar-refractivity contribution is -0.131. The standard InChI is InChI=1S/C3H4O2.BrH.ClH/c1-2-3(4)5;;/h2H,1H2,(H,4,5);2*1H. The first-order valence-corrected chi connectivity index (χ1v) is 1.12. The van der Waals surface area contributed by atoms with Crippen molar-refractivity contribution in [3.63, 3.8) is 0 Å². The van der Waals surface area contributed by atoms with Gasteiger partial charge in [-0.1, -0.05) is 6.58 Å². The fourth-order valence-electron chi connectivity index (χ4n) is 0. The van der Waals surface area contributed by atoms with Crippen molar-refractivity contribution < 1.29 is 9.90 Å². The van der Waals surface area contributed by atoms with Gasteiger partial charge in [-0.3, -0.25) is 0 Å². The number of rotatable bonds is 1. The van der Waals surface area contributed by atoms with Crippen molar-refractivity contribution in [2.24, 2.45) is 0 Å². The highest BCUT2D eigenvalue weighted by atomic mass is 79.9. The molecule has 44 valence electrons. The quantitative estimate of drug-likeness (QED) is 0.631. The molecule has 0 aliphatic carbocycles. The fraction of sp³-hybridized carbons (Fsp3) is 0. The van der Waals surface area contributed by atoms with Gasteiger partial charge in [0.25, 0.3) is 0 Å². The van der Waals surface area contributed by atoms with Crippen LogP contribution in [0.4, 0.5) is 0 Å². The first-order chi connectivity index (χ1) is 2.27. The molecular weight excluding hydrogens is 183 g/mol. The summed E-state index contributed by atoms with van der Waals surface area (Å²) in [5, 5.41) is 7.60. The van der Waals surface area contributed by atoms with Gasteiger partial charge in [0.05, 0.1) is 0 Å². The van der Waals surface area contributed by atoms with Crippen LogP contribution in [-0.2, 0) is 4.79 Å². The molecule has 0 spiro atoms. The zero-order valence-electron chi connectivity index (χ0n) is 3.46. The Kier molecular flexibility index (Phi) is 21.1. The minimum atomic E-state index is -0.981. The Morgan fingerprint density at radius 3 is 1.86 bits per heavy atom. The minimum Gasteiger partial charge on any atom is -0.478 e. The van der Waals surface area contributed by atoms with Crippen LogP contribution in [0.5, 0.6) is 0 Å². The predicted molar refractivity (Wildman–Crippen MR) is 35.4 cm³/mol. The van der Waals surface area contributed by atoms with Crippen molar-refractivity contribution in [1.29, 1.82) is 0 Å². The van der Waals surface area contributed by atoms with Gasteiger partial charge < -0.3 is 5.11 Å². The van der Waals surface area contributed by atoms with E-state index in [0.29, 0.717) is 0 Å². The van der Waals surface area contributed by atoms with Crippen LogP contribution in [0.15, 0.2) is 12.7 Å². The highest BCUT2D eigenvalue weighted by Gasteiger charge is 1.73. The zero-order chi connectivity index (χ0) is 4.28. The fourth-order valence-corrected chi connectivity index (χ4v) is 0. The van der Waals surface area contributed by atoms with Gasteiger partial charge in [-0.05, 0) is 0 Å². The molecule has 7 heavy (non-hydrogen) atoms. The molecule has 0 aliphatic heterocycles. The number of hydrogen-bond acceptors (Lipinski definition) is 1. The highest BCUT2D eigenvalue weighted by molar-refractivity contribution is 8.93. The number of aliphatic carboxylic acids is 1. The van der Waals surface area contributed by atoms with Crippen LogP contribution in [0, 0.1) is 0 Å². The van der Waals surface area contributed by atoms with E-state index in [2.05, 4.69) is 6.58 Å². The molecule has 0 heterocycles. The summed E-state index contributed by atoms with van der Waals surface area (Å²) in [6, 6.07) is 0. The van der Waals surface area contributed by atoms with Gasteiger partial charge in [0.1, 0.15) is 0 Å². The lowest BCUT2D eigenvalue weighted by atomic mass is 10.7. The molecule has 0 aromatic rings. The van der Waals surface area contributed by atoms with Gasteiger partial charge >= 0.3 is 5.97 Å². The number of halogens is 2. The molecule has 0 atom stereocenters. The smallest absolute Gasteiger partial charge is 0.327 e. The predicted octanol–water partition coefficient (Wildman–Crippen LogP) is 1.26. The third-order valence-corrected chi connectivity index (χ3v) is 0.175. The monoisotopic (exact) mass is 188 g/mol. The second-order valence-electron chi connectivity index (χ2n) is 0.542. The Bertz CT molecular complexity index is 64.0. The molecule has 1 N–H and O–H groups in total. The molecule has 0 aromatic carbocycles. The number of carbonyl (C=O) groups is 1. The Morgan fingerprint density at radius 1 is 1.71 bits per heavy atom. The van der Waals surface area contributed by atoms with E-state index >= 15 is 0 Å². The van der Waals surface area contributed by atoms with E-state index in [1.807, 2.05) is 0 Å². The Labute approximate surface area is 58.4 Å². The maximum absolute atomic E-state index is 9.25. The lowest BCUT2D eigenvalue weighted by Crippen LogP contribution is -1.82. The van der Waals surface area contributed by atoms with E-state index in [0.717, 1.165) is 6.08 Å². The first kappa shape index (κ1) is 15.8. The average molecular weight is 189 g/mol. The van der Waals surface area contributed by atoms with Crippen molar-refractivity contribution in [1.82, 2.24) is 0 Å². The number of carboxylic acid groups (broad SMARTS) is 1. The maximum atomic E-state index is 9.25. The van der Waals surface area contributed by atoms with Crippen molar-refractivity contribution in [3.8, 4) is 0 Å². The van der Waals surface area contributed by atoms with Gasteiger partial charge in [0.2, 0.25) is 0 Å². The average Bonchev–Trinajstić information content (AvgIpc) is 1.38. The van der Waals surface area contributed by atoms with Crippen molar-refractivity contribution in [2.45, 2.75) is 0 Å². The SMILES string of the molecule is Br.C=CC(=O)O.Cl. The molecule has 0 unspecified atom stereocenters. The third-order valence-electron chi connectivity index (χ3n) is 0.175. The van der Waals surface area contributed by atoms with Gasteiger partial charge in [0.15, 0.2) is 0 Å². The van der Waals surface area contributed by atoms with E-state index < -0.39 is 5.97 Å². The summed E-state index contributed by atoms with van der Waals surface area (Å²) >= 11 is 0. The van der Waals surface area contributed by atoms with Crippen LogP contribution in [0.1, 0.15) is 0 Å². The van der Waals surface area contributed by atoms with Gasteiger partial charge in [0, 0.05) is 6.08 Å². The molecule has 0 rings (SSSR count). The van der Waals surface area contributed by atoms with Crippen LogP contribution in [0.25, 0.3) is 0 Å². The van der Waals surface area contributed by atoms with Gasteiger partial charge in [-0.25, -0.2) is 4.79 Å².